The molecule has 2 amide bonds. The summed E-state index contributed by atoms with van der Waals surface area (Å²) in [6.07, 6.45) is 0. The number of nitrogens with one attached hydrogen (secondary N) is 1. The van der Waals surface area contributed by atoms with Crippen molar-refractivity contribution in [2.75, 3.05) is 18.1 Å². The van der Waals surface area contributed by atoms with Gasteiger partial charge in [0.25, 0.3) is 11.8 Å². The van der Waals surface area contributed by atoms with E-state index in [9.17, 15) is 9.59 Å². The number of carbonyl (C=O) groups excluding carboxylic acids is 2. The molecule has 0 saturated carbocycles. The maximum atomic E-state index is 12.8. The average molecular weight is 339 g/mol. The molecule has 0 bridgehead atoms. The van der Waals surface area contributed by atoms with Gasteiger partial charge in [-0.15, -0.1) is 10.2 Å². The zero-order valence-electron chi connectivity index (χ0n) is 13.7. The van der Waals surface area contributed by atoms with Crippen molar-refractivity contribution in [3.8, 4) is 0 Å². The fourth-order valence-electron chi connectivity index (χ4n) is 2.95. The van der Waals surface area contributed by atoms with E-state index in [1.54, 1.807) is 17.0 Å². The molecule has 1 N–H and O–H groups in total. The molecule has 2 aliphatic rings. The highest BCUT2D eigenvalue weighted by Crippen LogP contribution is 2.15. The molecule has 0 atom stereocenters. The zero-order valence-corrected chi connectivity index (χ0v) is 13.7. The molecule has 128 valence electrons. The Morgan fingerprint density at radius 2 is 1.96 bits per heavy atom. The van der Waals surface area contributed by atoms with Gasteiger partial charge in [-0.2, -0.15) is 0 Å². The number of hydrogen-bond acceptors (Lipinski definition) is 6. The van der Waals surface area contributed by atoms with Crippen molar-refractivity contribution in [2.24, 2.45) is 4.99 Å². The van der Waals surface area contributed by atoms with Crippen molar-refractivity contribution in [3.63, 3.8) is 0 Å². The van der Waals surface area contributed by atoms with E-state index in [1.807, 2.05) is 29.7 Å². The molecule has 0 spiro atoms. The number of fused-ring (bicyclic) bond motifs is 1. The first-order valence-corrected chi connectivity index (χ1v) is 8.00. The van der Waals surface area contributed by atoms with Crippen LogP contribution in [0.1, 0.15) is 11.6 Å². The number of anilines is 1. The smallest absolute Gasteiger partial charge is 0.291 e. The van der Waals surface area contributed by atoms with Gasteiger partial charge in [0.2, 0.25) is 5.84 Å². The normalized spacial score (nSPS) is 17.0. The average Bonchev–Trinajstić information content (AvgIpc) is 3.03. The van der Waals surface area contributed by atoms with Crippen molar-refractivity contribution in [2.45, 2.75) is 20.0 Å². The van der Waals surface area contributed by atoms with Crippen LogP contribution in [0.15, 0.2) is 35.3 Å². The standard InChI is InChI=1S/C16H17N7O2/c1-11-18-19-13-10-21(7-8-22(11)13)16(25)15-17-9-14(24)23(20-15)12-5-3-2-4-6-12/h2-6H,7-10H2,1H3,(H,17,20). The van der Waals surface area contributed by atoms with Gasteiger partial charge >= 0.3 is 0 Å². The summed E-state index contributed by atoms with van der Waals surface area (Å²) < 4.78 is 2.00. The Labute approximate surface area is 143 Å². The Hall–Kier alpha value is -3.23. The van der Waals surface area contributed by atoms with E-state index >= 15 is 0 Å². The van der Waals surface area contributed by atoms with Crippen LogP contribution in [-0.4, -0.2) is 50.4 Å². The predicted octanol–water partition coefficient (Wildman–Crippen LogP) is -0.121. The summed E-state index contributed by atoms with van der Waals surface area (Å²) in [5.41, 5.74) is 3.51. The lowest BCUT2D eigenvalue weighted by atomic mass is 10.3. The summed E-state index contributed by atoms with van der Waals surface area (Å²) in [6.45, 7) is 3.40. The molecule has 1 aromatic heterocycles. The monoisotopic (exact) mass is 339 g/mol. The number of rotatable bonds is 2. The molecule has 1 aromatic carbocycles. The number of carbonyl (C=O) groups is 2. The zero-order chi connectivity index (χ0) is 17.4. The Bertz CT molecular complexity index is 859. The number of amides is 2. The van der Waals surface area contributed by atoms with Gasteiger partial charge in [0.05, 0.1) is 12.2 Å². The highest BCUT2D eigenvalue weighted by Gasteiger charge is 2.31. The highest BCUT2D eigenvalue weighted by molar-refractivity contribution is 6.39. The topological polar surface area (TPSA) is 95.7 Å². The molecule has 0 radical (unpaired) electrons. The van der Waals surface area contributed by atoms with E-state index in [-0.39, 0.29) is 24.2 Å². The van der Waals surface area contributed by atoms with Gasteiger partial charge in [-0.3, -0.25) is 20.0 Å². The van der Waals surface area contributed by atoms with Crippen molar-refractivity contribution in [1.82, 2.24) is 25.1 Å². The second-order valence-corrected chi connectivity index (χ2v) is 5.88. The summed E-state index contributed by atoms with van der Waals surface area (Å²) in [5, 5.41) is 9.50. The summed E-state index contributed by atoms with van der Waals surface area (Å²) in [7, 11) is 0. The molecule has 9 heteroatoms. The number of para-hydroxylation sites is 1. The van der Waals surface area contributed by atoms with Crippen LogP contribution in [0.4, 0.5) is 5.69 Å². The van der Waals surface area contributed by atoms with E-state index in [4.69, 9.17) is 0 Å². The number of nitrogens with zero attached hydrogens (tertiary/aromatic N) is 6. The van der Waals surface area contributed by atoms with Gasteiger partial charge in [0.15, 0.2) is 5.82 Å². The van der Waals surface area contributed by atoms with Crippen LogP contribution in [0.5, 0.6) is 0 Å². The number of hydrazine groups is 1. The van der Waals surface area contributed by atoms with Crippen molar-refractivity contribution in [1.29, 1.82) is 0 Å². The van der Waals surface area contributed by atoms with Crippen LogP contribution >= 0.6 is 0 Å². The molecule has 25 heavy (non-hydrogen) atoms. The fraction of sp³-hybridized carbons (Fsp3) is 0.312. The SMILES string of the molecule is Cc1nnc2n1CCN(C(=O)C1=NCC(=O)N(c3ccccc3)N1)C2. The van der Waals surface area contributed by atoms with Crippen LogP contribution < -0.4 is 10.4 Å². The van der Waals surface area contributed by atoms with Gasteiger partial charge in [-0.1, -0.05) is 18.2 Å². The van der Waals surface area contributed by atoms with Crippen LogP contribution in [0.2, 0.25) is 0 Å². The molecule has 0 saturated heterocycles. The van der Waals surface area contributed by atoms with Crippen molar-refractivity contribution < 1.29 is 9.59 Å². The van der Waals surface area contributed by atoms with Gasteiger partial charge < -0.3 is 9.47 Å². The summed E-state index contributed by atoms with van der Waals surface area (Å²) in [4.78, 5) is 30.7. The fourth-order valence-corrected chi connectivity index (χ4v) is 2.95. The highest BCUT2D eigenvalue weighted by atomic mass is 16.2. The van der Waals surface area contributed by atoms with E-state index < -0.39 is 0 Å². The first-order chi connectivity index (χ1) is 12.1. The summed E-state index contributed by atoms with van der Waals surface area (Å²) in [5.74, 6) is 1.30. The van der Waals surface area contributed by atoms with Gasteiger partial charge in [0.1, 0.15) is 12.4 Å². The van der Waals surface area contributed by atoms with E-state index in [2.05, 4.69) is 20.6 Å². The largest absolute Gasteiger partial charge is 0.327 e. The molecule has 4 rings (SSSR count). The third kappa shape index (κ3) is 2.73. The van der Waals surface area contributed by atoms with Gasteiger partial charge in [0, 0.05) is 13.1 Å². The third-order valence-corrected chi connectivity index (χ3v) is 4.28. The van der Waals surface area contributed by atoms with E-state index in [1.165, 1.54) is 5.01 Å². The number of aromatic nitrogens is 3. The van der Waals surface area contributed by atoms with Gasteiger partial charge in [-0.25, -0.2) is 5.01 Å². The van der Waals surface area contributed by atoms with Crippen LogP contribution in [0.25, 0.3) is 0 Å². The maximum Gasteiger partial charge on any atom is 0.291 e. The molecule has 2 aliphatic heterocycles. The number of aliphatic imine (C=N–C) groups is 1. The lowest BCUT2D eigenvalue weighted by molar-refractivity contribution is -0.126. The van der Waals surface area contributed by atoms with Crippen LogP contribution in [0.3, 0.4) is 0 Å². The quantitative estimate of drug-likeness (QED) is 0.823. The lowest BCUT2D eigenvalue weighted by Crippen LogP contribution is -2.57. The Morgan fingerprint density at radius 1 is 1.16 bits per heavy atom. The molecule has 0 unspecified atom stereocenters. The summed E-state index contributed by atoms with van der Waals surface area (Å²) >= 11 is 0. The minimum absolute atomic E-state index is 0.0634. The first-order valence-electron chi connectivity index (χ1n) is 8.00. The van der Waals surface area contributed by atoms with E-state index in [0.717, 1.165) is 11.6 Å². The predicted molar refractivity (Wildman–Crippen MR) is 89.5 cm³/mol. The van der Waals surface area contributed by atoms with Gasteiger partial charge in [-0.05, 0) is 19.1 Å². The maximum absolute atomic E-state index is 12.8. The minimum atomic E-state index is -0.250. The Morgan fingerprint density at radius 3 is 2.76 bits per heavy atom. The second-order valence-electron chi connectivity index (χ2n) is 5.88. The number of hydrogen-bond donors (Lipinski definition) is 1. The molecule has 0 fully saturated rings. The lowest BCUT2D eigenvalue weighted by Gasteiger charge is -2.32. The molecule has 3 heterocycles. The molecule has 9 nitrogen and oxygen atoms in total. The minimum Gasteiger partial charge on any atom is -0.327 e. The number of aryl methyl sites for hydroxylation is 1. The Kier molecular flexibility index (Phi) is 3.68. The van der Waals surface area contributed by atoms with Crippen molar-refractivity contribution >= 4 is 23.3 Å². The first kappa shape index (κ1) is 15.3. The molecule has 2 aromatic rings. The number of benzene rings is 1. The van der Waals surface area contributed by atoms with Crippen molar-refractivity contribution in [3.05, 3.63) is 42.0 Å². The van der Waals surface area contributed by atoms with E-state index in [0.29, 0.717) is 25.3 Å². The molecule has 0 aliphatic carbocycles. The third-order valence-electron chi connectivity index (χ3n) is 4.28. The molecular formula is C16H17N7O2. The molecular weight excluding hydrogens is 322 g/mol. The van der Waals surface area contributed by atoms with Crippen LogP contribution in [-0.2, 0) is 22.7 Å². The van der Waals surface area contributed by atoms with Crippen LogP contribution in [0, 0.1) is 6.92 Å². The second kappa shape index (κ2) is 6.00. The Balaban J connectivity index is 1.52. The number of amidine groups is 1. The summed E-state index contributed by atoms with van der Waals surface area (Å²) in [6, 6.07) is 9.12.